The van der Waals surface area contributed by atoms with Gasteiger partial charge in [0.2, 0.25) is 18.0 Å². The van der Waals surface area contributed by atoms with E-state index in [1.165, 1.54) is 4.90 Å². The fraction of sp³-hybridized carbons (Fsp3) is 0.429. The maximum atomic E-state index is 13.5. The van der Waals surface area contributed by atoms with Crippen LogP contribution in [0.3, 0.4) is 0 Å². The number of hydrogen-bond donors (Lipinski definition) is 2. The molecule has 0 saturated heterocycles. The summed E-state index contributed by atoms with van der Waals surface area (Å²) in [7, 11) is 1.64. The van der Waals surface area contributed by atoms with E-state index in [9.17, 15) is 18.8 Å². The molecule has 3 N–H and O–H groups in total. The third-order valence-corrected chi connectivity index (χ3v) is 6.52. The monoisotopic (exact) mass is 494 g/mol. The Kier molecular flexibility index (Phi) is 8.96. The van der Waals surface area contributed by atoms with Crippen molar-refractivity contribution >= 4 is 29.1 Å². The molecule has 0 unspecified atom stereocenters. The molecule has 3 rings (SSSR count). The summed E-state index contributed by atoms with van der Waals surface area (Å²) in [6, 6.07) is 14.2. The number of carbonyl (C=O) groups excluding carboxylic acids is 3. The smallest absolute Gasteiger partial charge is 0.272 e. The first-order valence-electron chi connectivity index (χ1n) is 12.4. The van der Waals surface area contributed by atoms with Crippen molar-refractivity contribution in [3.05, 3.63) is 65.2 Å². The molecule has 1 aliphatic heterocycles. The van der Waals surface area contributed by atoms with Crippen molar-refractivity contribution < 1.29 is 18.8 Å². The van der Waals surface area contributed by atoms with E-state index in [2.05, 4.69) is 5.32 Å². The molecule has 1 heterocycles. The Morgan fingerprint density at radius 2 is 1.78 bits per heavy atom. The molecule has 2 aromatic carbocycles. The molecule has 0 aliphatic carbocycles. The number of aliphatic imine (C=N–C) groups is 1. The average Bonchev–Trinajstić information content (AvgIpc) is 2.96. The van der Waals surface area contributed by atoms with Crippen LogP contribution in [0.4, 0.5) is 10.1 Å². The summed E-state index contributed by atoms with van der Waals surface area (Å²) in [6.45, 7) is 5.30. The van der Waals surface area contributed by atoms with Crippen LogP contribution in [0.2, 0.25) is 0 Å². The lowest BCUT2D eigenvalue weighted by Crippen LogP contribution is -2.50. The van der Waals surface area contributed by atoms with Crippen molar-refractivity contribution in [1.29, 1.82) is 0 Å². The number of benzodiazepines with no additional fused rings is 1. The lowest BCUT2D eigenvalue weighted by Gasteiger charge is -2.27. The van der Waals surface area contributed by atoms with Gasteiger partial charge in [0.05, 0.1) is 11.4 Å². The minimum absolute atomic E-state index is 0.143. The average molecular weight is 495 g/mol. The molecule has 192 valence electrons. The van der Waals surface area contributed by atoms with E-state index in [1.54, 1.807) is 31.3 Å². The maximum absolute atomic E-state index is 13.5. The van der Waals surface area contributed by atoms with Gasteiger partial charge >= 0.3 is 0 Å². The molecule has 0 bridgehead atoms. The van der Waals surface area contributed by atoms with Crippen LogP contribution >= 0.6 is 0 Å². The molecule has 0 aromatic heterocycles. The molecule has 36 heavy (non-hydrogen) atoms. The lowest BCUT2D eigenvalue weighted by atomic mass is 9.81. The van der Waals surface area contributed by atoms with Crippen LogP contribution in [-0.2, 0) is 21.1 Å². The van der Waals surface area contributed by atoms with Crippen molar-refractivity contribution in [2.24, 2.45) is 28.5 Å². The van der Waals surface area contributed by atoms with Crippen molar-refractivity contribution in [3.63, 3.8) is 0 Å². The van der Waals surface area contributed by atoms with Gasteiger partial charge in [-0.15, -0.1) is 0 Å². The van der Waals surface area contributed by atoms with Gasteiger partial charge in [-0.3, -0.25) is 14.4 Å². The highest BCUT2D eigenvalue weighted by Gasteiger charge is 2.36. The number of para-hydroxylation sites is 1. The van der Waals surface area contributed by atoms with Gasteiger partial charge < -0.3 is 16.0 Å². The molecule has 8 heteroatoms. The Morgan fingerprint density at radius 3 is 2.36 bits per heavy atom. The third-order valence-electron chi connectivity index (χ3n) is 6.52. The fourth-order valence-electron chi connectivity index (χ4n) is 4.65. The molecular weight excluding hydrogens is 459 g/mol. The Hall–Kier alpha value is -3.55. The van der Waals surface area contributed by atoms with E-state index in [1.807, 2.05) is 45.0 Å². The van der Waals surface area contributed by atoms with Gasteiger partial charge in [0.15, 0.2) is 0 Å². The van der Waals surface area contributed by atoms with Gasteiger partial charge in [-0.05, 0) is 30.4 Å². The normalized spacial score (nSPS) is 17.2. The minimum Gasteiger partial charge on any atom is -0.369 e. The molecule has 3 atom stereocenters. The lowest BCUT2D eigenvalue weighted by molar-refractivity contribution is -0.136. The fourth-order valence-corrected chi connectivity index (χ4v) is 4.65. The van der Waals surface area contributed by atoms with Crippen LogP contribution in [0.5, 0.6) is 0 Å². The summed E-state index contributed by atoms with van der Waals surface area (Å²) < 4.78 is 13.1. The number of nitrogens with zero attached hydrogens (tertiary/aromatic N) is 2. The van der Waals surface area contributed by atoms with Crippen molar-refractivity contribution in [3.8, 4) is 0 Å². The second kappa shape index (κ2) is 11.9. The van der Waals surface area contributed by atoms with Gasteiger partial charge in [0.25, 0.3) is 5.91 Å². The summed E-state index contributed by atoms with van der Waals surface area (Å²) in [6.07, 6.45) is 0.445. The largest absolute Gasteiger partial charge is 0.369 e. The van der Waals surface area contributed by atoms with Gasteiger partial charge in [0.1, 0.15) is 6.67 Å². The van der Waals surface area contributed by atoms with Crippen molar-refractivity contribution in [1.82, 2.24) is 5.32 Å². The van der Waals surface area contributed by atoms with Crippen molar-refractivity contribution in [2.75, 3.05) is 11.9 Å². The SMILES string of the molecule is CCC[C@H](C(N)=O)[C@@H](CC(C)C)C(=O)N[C@H]1N=C(c2ccc(CF)cc2)c2ccccc2N(C)C1=O. The van der Waals surface area contributed by atoms with Gasteiger partial charge in [-0.25, -0.2) is 9.38 Å². The van der Waals surface area contributed by atoms with Crippen molar-refractivity contribution in [2.45, 2.75) is 52.9 Å². The summed E-state index contributed by atoms with van der Waals surface area (Å²) in [4.78, 5) is 45.4. The summed E-state index contributed by atoms with van der Waals surface area (Å²) in [5.74, 6) is -2.51. The molecule has 0 radical (unpaired) electrons. The summed E-state index contributed by atoms with van der Waals surface area (Å²) in [5.41, 5.74) is 8.78. The number of hydrogen-bond acceptors (Lipinski definition) is 4. The topological polar surface area (TPSA) is 105 Å². The Morgan fingerprint density at radius 1 is 1.11 bits per heavy atom. The number of primary amides is 1. The standard InChI is InChI=1S/C28H35FN4O3/c1-5-8-20(25(30)34)22(15-17(2)3)27(35)32-26-28(36)33(4)23-10-7-6-9-21(23)24(31-26)19-13-11-18(16-29)12-14-19/h6-7,9-14,17,20,22,26H,5,8,15-16H2,1-4H3,(H2,30,34)(H,32,35)/t20-,22+,26+/m0/s1. The second-order valence-electron chi connectivity index (χ2n) is 9.67. The number of rotatable bonds is 10. The quantitative estimate of drug-likeness (QED) is 0.522. The second-order valence-corrected chi connectivity index (χ2v) is 9.67. The summed E-state index contributed by atoms with van der Waals surface area (Å²) >= 11 is 0. The molecule has 1 aliphatic rings. The van der Waals surface area contributed by atoms with Gasteiger partial charge in [-0.1, -0.05) is 69.7 Å². The zero-order chi connectivity index (χ0) is 26.4. The number of nitrogens with one attached hydrogen (secondary N) is 1. The Labute approximate surface area is 212 Å². The zero-order valence-corrected chi connectivity index (χ0v) is 21.3. The number of halogens is 1. The molecule has 0 saturated carbocycles. The first kappa shape index (κ1) is 27.0. The number of fused-ring (bicyclic) bond motifs is 1. The van der Waals surface area contributed by atoms with Gasteiger partial charge in [0, 0.05) is 30.0 Å². The number of carbonyl (C=O) groups is 3. The van der Waals surface area contributed by atoms with Crippen LogP contribution in [0, 0.1) is 17.8 Å². The van der Waals surface area contributed by atoms with Gasteiger partial charge in [-0.2, -0.15) is 0 Å². The molecule has 0 spiro atoms. The van der Waals surface area contributed by atoms with E-state index in [-0.39, 0.29) is 5.92 Å². The number of likely N-dealkylation sites (N-methyl/N-ethyl adjacent to an activating group) is 1. The number of anilines is 1. The molecule has 3 amide bonds. The third kappa shape index (κ3) is 5.98. The Balaban J connectivity index is 2.04. The highest BCUT2D eigenvalue weighted by atomic mass is 19.1. The van der Waals surface area contributed by atoms with Crippen LogP contribution in [0.1, 0.15) is 56.7 Å². The number of nitrogens with two attached hydrogens (primary N) is 1. The first-order valence-corrected chi connectivity index (χ1v) is 12.4. The highest BCUT2D eigenvalue weighted by molar-refractivity contribution is 6.20. The number of amides is 3. The van der Waals surface area contributed by atoms with Crippen LogP contribution < -0.4 is 16.0 Å². The van der Waals surface area contributed by atoms with Crippen LogP contribution in [-0.4, -0.2) is 36.6 Å². The van der Waals surface area contributed by atoms with E-state index < -0.39 is 42.4 Å². The molecule has 0 fully saturated rings. The van der Waals surface area contributed by atoms with Crippen LogP contribution in [0.25, 0.3) is 0 Å². The molecule has 7 nitrogen and oxygen atoms in total. The van der Waals surface area contributed by atoms with Crippen LogP contribution in [0.15, 0.2) is 53.5 Å². The molecule has 2 aromatic rings. The number of alkyl halides is 1. The van der Waals surface area contributed by atoms with E-state index in [4.69, 9.17) is 10.7 Å². The minimum atomic E-state index is -1.20. The number of benzene rings is 2. The first-order chi connectivity index (χ1) is 17.2. The van der Waals surface area contributed by atoms with E-state index in [0.29, 0.717) is 41.8 Å². The Bertz CT molecular complexity index is 1130. The predicted molar refractivity (Wildman–Crippen MR) is 139 cm³/mol. The van der Waals surface area contributed by atoms with E-state index >= 15 is 0 Å². The maximum Gasteiger partial charge on any atom is 0.272 e. The molecular formula is C28H35FN4O3. The highest BCUT2D eigenvalue weighted by Crippen LogP contribution is 2.29. The summed E-state index contributed by atoms with van der Waals surface area (Å²) in [5, 5.41) is 2.81. The predicted octanol–water partition coefficient (Wildman–Crippen LogP) is 3.98. The van der Waals surface area contributed by atoms with E-state index in [0.717, 1.165) is 5.56 Å². The zero-order valence-electron chi connectivity index (χ0n) is 21.3.